The topological polar surface area (TPSA) is 81.1 Å². The second-order valence-electron chi connectivity index (χ2n) is 5.52. The number of β-amino-alcohol motifs (C(OH)–C–C–N with tert-alkyl or cyclic N) is 1. The first-order chi connectivity index (χ1) is 9.02. The van der Waals surface area contributed by atoms with Crippen molar-refractivity contribution in [2.75, 3.05) is 19.6 Å². The maximum atomic E-state index is 12.3. The van der Waals surface area contributed by atoms with E-state index in [0.717, 1.165) is 19.3 Å². The van der Waals surface area contributed by atoms with E-state index in [0.29, 0.717) is 19.0 Å². The van der Waals surface area contributed by atoms with Gasteiger partial charge in [0.25, 0.3) is 0 Å². The molecule has 2 saturated heterocycles. The van der Waals surface area contributed by atoms with Crippen molar-refractivity contribution in [3.63, 3.8) is 0 Å². The summed E-state index contributed by atoms with van der Waals surface area (Å²) in [5.41, 5.74) is 0. The molecule has 2 N–H and O–H groups in total. The predicted octanol–water partition coefficient (Wildman–Crippen LogP) is 0.748. The highest BCUT2D eigenvalue weighted by atomic mass is 16.4. The Bertz CT molecular complexity index is 353. The molecule has 0 spiro atoms. The second-order valence-corrected chi connectivity index (χ2v) is 5.52. The van der Waals surface area contributed by atoms with Crippen LogP contribution in [0.5, 0.6) is 0 Å². The van der Waals surface area contributed by atoms with E-state index in [-0.39, 0.29) is 19.0 Å². The van der Waals surface area contributed by atoms with Gasteiger partial charge < -0.3 is 20.0 Å². The predicted molar refractivity (Wildman–Crippen MR) is 68.7 cm³/mol. The molecule has 0 unspecified atom stereocenters. The summed E-state index contributed by atoms with van der Waals surface area (Å²) in [6, 6.07) is -1.12. The summed E-state index contributed by atoms with van der Waals surface area (Å²) >= 11 is 0. The van der Waals surface area contributed by atoms with E-state index in [1.54, 1.807) is 4.90 Å². The fourth-order valence-electron chi connectivity index (χ4n) is 2.97. The first-order valence-corrected chi connectivity index (χ1v) is 6.99. The molecule has 2 heterocycles. The van der Waals surface area contributed by atoms with Crippen LogP contribution >= 0.6 is 0 Å². The molecule has 0 bridgehead atoms. The molecule has 2 aliphatic rings. The molecule has 6 nitrogen and oxygen atoms in total. The Labute approximate surface area is 113 Å². The summed E-state index contributed by atoms with van der Waals surface area (Å²) in [5.74, 6) is -0.364. The molecule has 2 aliphatic heterocycles. The first-order valence-electron chi connectivity index (χ1n) is 6.99. The number of carbonyl (C=O) groups is 2. The Morgan fingerprint density at radius 2 is 1.89 bits per heavy atom. The molecule has 2 atom stereocenters. The van der Waals surface area contributed by atoms with E-state index < -0.39 is 18.1 Å². The maximum absolute atomic E-state index is 12.3. The van der Waals surface area contributed by atoms with Crippen LogP contribution in [0.3, 0.4) is 0 Å². The monoisotopic (exact) mass is 270 g/mol. The Morgan fingerprint density at radius 1 is 1.26 bits per heavy atom. The zero-order valence-corrected chi connectivity index (χ0v) is 11.3. The molecular weight excluding hydrogens is 248 g/mol. The highest BCUT2D eigenvalue weighted by Gasteiger charge is 2.41. The molecule has 108 valence electrons. The van der Waals surface area contributed by atoms with E-state index in [9.17, 15) is 14.7 Å². The zero-order valence-electron chi connectivity index (χ0n) is 11.3. The number of rotatable bonds is 2. The number of aliphatic hydroxyl groups excluding tert-OH is 1. The van der Waals surface area contributed by atoms with Crippen LogP contribution in [0.25, 0.3) is 0 Å². The van der Waals surface area contributed by atoms with E-state index in [1.165, 1.54) is 4.90 Å². The van der Waals surface area contributed by atoms with Gasteiger partial charge in [0.2, 0.25) is 0 Å². The number of aliphatic hydroxyl groups is 1. The van der Waals surface area contributed by atoms with Crippen LogP contribution in [-0.4, -0.2) is 63.8 Å². The van der Waals surface area contributed by atoms with Crippen LogP contribution in [0.1, 0.15) is 32.6 Å². The number of aliphatic carboxylic acids is 1. The first kappa shape index (κ1) is 14.1. The van der Waals surface area contributed by atoms with Crippen molar-refractivity contribution in [1.82, 2.24) is 9.80 Å². The number of hydrogen-bond acceptors (Lipinski definition) is 3. The van der Waals surface area contributed by atoms with Gasteiger partial charge in [-0.25, -0.2) is 9.59 Å². The van der Waals surface area contributed by atoms with Gasteiger partial charge in [0.05, 0.1) is 6.10 Å². The molecule has 0 aliphatic carbocycles. The third-order valence-corrected chi connectivity index (χ3v) is 4.27. The largest absolute Gasteiger partial charge is 0.480 e. The standard InChI is InChI=1S/C13H22N2O4/c1-2-9-3-5-14(6-4-9)13(19)15-8-10(16)7-11(15)12(17)18/h9-11,16H,2-8H2,1H3,(H,17,18)/t10-,11-/m1/s1. The lowest BCUT2D eigenvalue weighted by molar-refractivity contribution is -0.141. The minimum Gasteiger partial charge on any atom is -0.480 e. The Hall–Kier alpha value is -1.30. The van der Waals surface area contributed by atoms with Gasteiger partial charge in [-0.05, 0) is 18.8 Å². The van der Waals surface area contributed by atoms with E-state index in [1.807, 2.05) is 0 Å². The van der Waals surface area contributed by atoms with Gasteiger partial charge in [0, 0.05) is 26.1 Å². The molecule has 2 amide bonds. The van der Waals surface area contributed by atoms with Crippen molar-refractivity contribution in [2.45, 2.75) is 44.8 Å². The van der Waals surface area contributed by atoms with Crippen LogP contribution in [0.2, 0.25) is 0 Å². The van der Waals surface area contributed by atoms with Gasteiger partial charge in [-0.2, -0.15) is 0 Å². The minimum atomic E-state index is -1.03. The summed E-state index contributed by atoms with van der Waals surface area (Å²) < 4.78 is 0. The molecule has 2 fully saturated rings. The lowest BCUT2D eigenvalue weighted by atomic mass is 9.95. The van der Waals surface area contributed by atoms with Gasteiger partial charge in [-0.15, -0.1) is 0 Å². The second kappa shape index (κ2) is 5.77. The molecule has 0 aromatic carbocycles. The van der Waals surface area contributed by atoms with Crippen molar-refractivity contribution in [1.29, 1.82) is 0 Å². The van der Waals surface area contributed by atoms with E-state index >= 15 is 0 Å². The lowest BCUT2D eigenvalue weighted by Gasteiger charge is -2.35. The number of carboxylic acids is 1. The molecular formula is C13H22N2O4. The zero-order chi connectivity index (χ0) is 14.0. The molecule has 19 heavy (non-hydrogen) atoms. The summed E-state index contributed by atoms with van der Waals surface area (Å²) in [4.78, 5) is 26.5. The van der Waals surface area contributed by atoms with Crippen LogP contribution in [0.15, 0.2) is 0 Å². The number of urea groups is 1. The summed E-state index contributed by atoms with van der Waals surface area (Å²) in [6.45, 7) is 3.66. The van der Waals surface area contributed by atoms with Crippen LogP contribution < -0.4 is 0 Å². The molecule has 6 heteroatoms. The number of carbonyl (C=O) groups excluding carboxylic acids is 1. The lowest BCUT2D eigenvalue weighted by Crippen LogP contribution is -2.50. The number of amides is 2. The minimum absolute atomic E-state index is 0.128. The fraction of sp³-hybridized carbons (Fsp3) is 0.846. The molecule has 2 rings (SSSR count). The van der Waals surface area contributed by atoms with Crippen molar-refractivity contribution in [3.05, 3.63) is 0 Å². The summed E-state index contributed by atoms with van der Waals surface area (Å²) in [5, 5.41) is 18.7. The number of piperidine rings is 1. The van der Waals surface area contributed by atoms with Gasteiger partial charge in [-0.1, -0.05) is 13.3 Å². The van der Waals surface area contributed by atoms with Crippen LogP contribution in [-0.2, 0) is 4.79 Å². The van der Waals surface area contributed by atoms with Crippen LogP contribution in [0, 0.1) is 5.92 Å². The number of nitrogens with zero attached hydrogens (tertiary/aromatic N) is 2. The Kier molecular flexibility index (Phi) is 4.29. The number of likely N-dealkylation sites (tertiary alicyclic amines) is 2. The Morgan fingerprint density at radius 3 is 2.42 bits per heavy atom. The van der Waals surface area contributed by atoms with Crippen LogP contribution in [0.4, 0.5) is 4.79 Å². The third-order valence-electron chi connectivity index (χ3n) is 4.27. The number of carboxylic acid groups (broad SMARTS) is 1. The molecule has 0 saturated carbocycles. The number of hydrogen-bond donors (Lipinski definition) is 2. The quantitative estimate of drug-likeness (QED) is 0.776. The third kappa shape index (κ3) is 3.00. The average molecular weight is 270 g/mol. The highest BCUT2D eigenvalue weighted by Crippen LogP contribution is 2.24. The molecule has 0 radical (unpaired) electrons. The molecule has 0 aromatic rings. The van der Waals surface area contributed by atoms with E-state index in [4.69, 9.17) is 5.11 Å². The highest BCUT2D eigenvalue weighted by molar-refractivity contribution is 5.83. The average Bonchev–Trinajstić information content (AvgIpc) is 2.80. The van der Waals surface area contributed by atoms with E-state index in [2.05, 4.69) is 6.92 Å². The summed E-state index contributed by atoms with van der Waals surface area (Å²) in [7, 11) is 0. The fourth-order valence-corrected chi connectivity index (χ4v) is 2.97. The van der Waals surface area contributed by atoms with Crippen molar-refractivity contribution in [2.24, 2.45) is 5.92 Å². The molecule has 0 aromatic heterocycles. The van der Waals surface area contributed by atoms with Gasteiger partial charge in [0.1, 0.15) is 6.04 Å². The van der Waals surface area contributed by atoms with Crippen molar-refractivity contribution in [3.8, 4) is 0 Å². The van der Waals surface area contributed by atoms with Gasteiger partial charge >= 0.3 is 12.0 Å². The smallest absolute Gasteiger partial charge is 0.326 e. The van der Waals surface area contributed by atoms with Gasteiger partial charge in [-0.3, -0.25) is 0 Å². The maximum Gasteiger partial charge on any atom is 0.326 e. The summed E-state index contributed by atoms with van der Waals surface area (Å²) in [6.07, 6.45) is 2.50. The SMILES string of the molecule is CCC1CCN(C(=O)N2C[C@H](O)C[C@@H]2C(=O)O)CC1. The Balaban J connectivity index is 1.97. The van der Waals surface area contributed by atoms with Gasteiger partial charge in [0.15, 0.2) is 0 Å². The van der Waals surface area contributed by atoms with Crippen molar-refractivity contribution < 1.29 is 19.8 Å². The van der Waals surface area contributed by atoms with Crippen molar-refractivity contribution >= 4 is 12.0 Å². The normalized spacial score (nSPS) is 28.7.